The molecule has 2 aromatic rings. The molecule has 2 fully saturated rings. The molecule has 0 aliphatic carbocycles. The summed E-state index contributed by atoms with van der Waals surface area (Å²) in [6, 6.07) is 7.49. The van der Waals surface area contributed by atoms with Crippen LogP contribution in [0.3, 0.4) is 0 Å². The normalized spacial score (nSPS) is 25.7. The van der Waals surface area contributed by atoms with Crippen molar-refractivity contribution in [2.75, 3.05) is 0 Å². The molecule has 2 aliphatic heterocycles. The lowest BCUT2D eigenvalue weighted by molar-refractivity contribution is 0.0935. The molecule has 2 bridgehead atoms. The standard InChI is InChI=1S/C16H16FN3OS2/c17-9-1-4-11(5-2-9)22-16-18-8-14(23-16)15(21)20-13-7-10-3-6-12(13)19-10/h1-2,4-5,8,10,12-13,19H,3,6-7H2,(H,20,21). The number of carbonyl (C=O) groups excluding carboxylic acids is 1. The SMILES string of the molecule is O=C(NC1CC2CCC1N2)c1cnc(Sc2ccc(F)cc2)s1. The summed E-state index contributed by atoms with van der Waals surface area (Å²) < 4.78 is 13.7. The van der Waals surface area contributed by atoms with Crippen molar-refractivity contribution in [3.05, 3.63) is 41.2 Å². The van der Waals surface area contributed by atoms with Gasteiger partial charge in [0.25, 0.3) is 5.91 Å². The van der Waals surface area contributed by atoms with Gasteiger partial charge in [0.15, 0.2) is 4.34 Å². The molecule has 4 nitrogen and oxygen atoms in total. The van der Waals surface area contributed by atoms with E-state index in [-0.39, 0.29) is 17.8 Å². The van der Waals surface area contributed by atoms with Crippen molar-refractivity contribution < 1.29 is 9.18 Å². The number of amides is 1. The minimum absolute atomic E-state index is 0.0483. The van der Waals surface area contributed by atoms with Crippen LogP contribution < -0.4 is 10.6 Å². The summed E-state index contributed by atoms with van der Waals surface area (Å²) in [4.78, 5) is 18.2. The Bertz CT molecular complexity index is 718. The van der Waals surface area contributed by atoms with Gasteiger partial charge in [0.1, 0.15) is 10.7 Å². The monoisotopic (exact) mass is 349 g/mol. The number of rotatable bonds is 4. The maximum Gasteiger partial charge on any atom is 0.263 e. The van der Waals surface area contributed by atoms with Gasteiger partial charge < -0.3 is 10.6 Å². The van der Waals surface area contributed by atoms with E-state index < -0.39 is 0 Å². The summed E-state index contributed by atoms with van der Waals surface area (Å²) in [5.41, 5.74) is 0. The van der Waals surface area contributed by atoms with E-state index in [0.29, 0.717) is 17.0 Å². The minimum Gasteiger partial charge on any atom is -0.347 e. The van der Waals surface area contributed by atoms with Crippen LogP contribution >= 0.6 is 23.1 Å². The molecule has 0 saturated carbocycles. The Morgan fingerprint density at radius 1 is 1.35 bits per heavy atom. The lowest BCUT2D eigenvalue weighted by Crippen LogP contribution is -2.42. The fraction of sp³-hybridized carbons (Fsp3) is 0.375. The molecule has 2 saturated heterocycles. The van der Waals surface area contributed by atoms with Gasteiger partial charge >= 0.3 is 0 Å². The average Bonchev–Trinajstić information content (AvgIpc) is 3.26. The molecule has 1 amide bonds. The number of thiazole rings is 1. The first kappa shape index (κ1) is 15.1. The fourth-order valence-electron chi connectivity index (χ4n) is 3.24. The number of fused-ring (bicyclic) bond motifs is 2. The van der Waals surface area contributed by atoms with E-state index in [1.54, 1.807) is 18.3 Å². The molecule has 120 valence electrons. The van der Waals surface area contributed by atoms with E-state index in [1.807, 2.05) is 0 Å². The van der Waals surface area contributed by atoms with Gasteiger partial charge in [-0.2, -0.15) is 0 Å². The number of nitrogens with one attached hydrogen (secondary N) is 2. The maximum atomic E-state index is 12.9. The Hall–Kier alpha value is -1.44. The molecule has 0 spiro atoms. The van der Waals surface area contributed by atoms with Crippen molar-refractivity contribution in [2.45, 2.75) is 46.6 Å². The summed E-state index contributed by atoms with van der Waals surface area (Å²) in [5.74, 6) is -0.305. The minimum atomic E-state index is -0.256. The van der Waals surface area contributed by atoms with Crippen LogP contribution in [0.25, 0.3) is 0 Å². The molecule has 23 heavy (non-hydrogen) atoms. The molecule has 3 atom stereocenters. The first-order valence-electron chi connectivity index (χ1n) is 7.63. The van der Waals surface area contributed by atoms with Crippen LogP contribution in [0, 0.1) is 5.82 Å². The second kappa shape index (κ2) is 6.22. The first-order valence-corrected chi connectivity index (χ1v) is 9.27. The number of benzene rings is 1. The summed E-state index contributed by atoms with van der Waals surface area (Å²) in [7, 11) is 0. The van der Waals surface area contributed by atoms with Crippen molar-refractivity contribution in [1.29, 1.82) is 0 Å². The zero-order valence-corrected chi connectivity index (χ0v) is 13.9. The second-order valence-electron chi connectivity index (χ2n) is 5.91. The molecule has 2 N–H and O–H groups in total. The van der Waals surface area contributed by atoms with E-state index in [0.717, 1.165) is 22.1 Å². The van der Waals surface area contributed by atoms with Crippen LogP contribution in [0.1, 0.15) is 28.9 Å². The fourth-order valence-corrected chi connectivity index (χ4v) is 5.09. The summed E-state index contributed by atoms with van der Waals surface area (Å²) in [6.07, 6.45) is 5.00. The lowest BCUT2D eigenvalue weighted by Gasteiger charge is -2.20. The van der Waals surface area contributed by atoms with Crippen LogP contribution in [0.4, 0.5) is 4.39 Å². The van der Waals surface area contributed by atoms with Gasteiger partial charge in [0.05, 0.1) is 6.20 Å². The van der Waals surface area contributed by atoms with Crippen molar-refractivity contribution >= 4 is 29.0 Å². The Morgan fingerprint density at radius 3 is 2.87 bits per heavy atom. The van der Waals surface area contributed by atoms with Crippen LogP contribution in [0.2, 0.25) is 0 Å². The van der Waals surface area contributed by atoms with Gasteiger partial charge in [0.2, 0.25) is 0 Å². The Morgan fingerprint density at radius 2 is 2.17 bits per heavy atom. The molecule has 2 aliphatic rings. The molecule has 4 rings (SSSR count). The molecule has 1 aromatic heterocycles. The maximum absolute atomic E-state index is 12.9. The summed E-state index contributed by atoms with van der Waals surface area (Å²) >= 11 is 2.81. The Balaban J connectivity index is 1.39. The topological polar surface area (TPSA) is 54.0 Å². The summed E-state index contributed by atoms with van der Waals surface area (Å²) in [5, 5.41) is 6.64. The van der Waals surface area contributed by atoms with Crippen LogP contribution in [-0.4, -0.2) is 29.0 Å². The van der Waals surface area contributed by atoms with E-state index >= 15 is 0 Å². The van der Waals surface area contributed by atoms with Crippen molar-refractivity contribution in [1.82, 2.24) is 15.6 Å². The van der Waals surface area contributed by atoms with Crippen molar-refractivity contribution in [3.8, 4) is 0 Å². The smallest absolute Gasteiger partial charge is 0.263 e. The van der Waals surface area contributed by atoms with Gasteiger partial charge in [-0.25, -0.2) is 9.37 Å². The highest BCUT2D eigenvalue weighted by Gasteiger charge is 2.39. The predicted molar refractivity (Wildman–Crippen MR) is 88.5 cm³/mol. The van der Waals surface area contributed by atoms with E-state index in [4.69, 9.17) is 0 Å². The van der Waals surface area contributed by atoms with E-state index in [1.165, 1.54) is 41.7 Å². The zero-order chi connectivity index (χ0) is 15.8. The zero-order valence-electron chi connectivity index (χ0n) is 12.3. The number of halogens is 1. The molecule has 7 heteroatoms. The Kier molecular flexibility index (Phi) is 4.09. The highest BCUT2D eigenvalue weighted by Crippen LogP contribution is 2.32. The van der Waals surface area contributed by atoms with E-state index in [9.17, 15) is 9.18 Å². The molecular formula is C16H16FN3OS2. The summed E-state index contributed by atoms with van der Waals surface area (Å²) in [6.45, 7) is 0. The van der Waals surface area contributed by atoms with Crippen molar-refractivity contribution in [2.24, 2.45) is 0 Å². The highest BCUT2D eigenvalue weighted by molar-refractivity contribution is 8.01. The number of nitrogens with zero attached hydrogens (tertiary/aromatic N) is 1. The molecular weight excluding hydrogens is 333 g/mol. The van der Waals surface area contributed by atoms with Crippen LogP contribution in [-0.2, 0) is 0 Å². The number of carbonyl (C=O) groups is 1. The lowest BCUT2D eigenvalue weighted by atomic mass is 9.95. The van der Waals surface area contributed by atoms with Gasteiger partial charge in [-0.15, -0.1) is 11.3 Å². The van der Waals surface area contributed by atoms with Gasteiger partial charge in [-0.3, -0.25) is 4.79 Å². The largest absolute Gasteiger partial charge is 0.347 e. The third kappa shape index (κ3) is 3.27. The number of aromatic nitrogens is 1. The predicted octanol–water partition coefficient (Wildman–Crippen LogP) is 3.06. The van der Waals surface area contributed by atoms with Gasteiger partial charge in [0, 0.05) is 23.0 Å². The van der Waals surface area contributed by atoms with Gasteiger partial charge in [-0.05, 0) is 43.5 Å². The average molecular weight is 349 g/mol. The van der Waals surface area contributed by atoms with Crippen LogP contribution in [0.15, 0.2) is 39.7 Å². The second-order valence-corrected chi connectivity index (χ2v) is 8.26. The quantitative estimate of drug-likeness (QED) is 0.891. The third-order valence-electron chi connectivity index (χ3n) is 4.34. The number of hydrogen-bond acceptors (Lipinski definition) is 5. The molecule has 3 unspecified atom stereocenters. The van der Waals surface area contributed by atoms with E-state index in [2.05, 4.69) is 15.6 Å². The molecule has 3 heterocycles. The third-order valence-corrected chi connectivity index (χ3v) is 6.42. The highest BCUT2D eigenvalue weighted by atomic mass is 32.2. The Labute approximate surface area is 141 Å². The molecule has 0 radical (unpaired) electrons. The van der Waals surface area contributed by atoms with Gasteiger partial charge in [-0.1, -0.05) is 11.8 Å². The number of hydrogen-bond donors (Lipinski definition) is 2. The van der Waals surface area contributed by atoms with Crippen LogP contribution in [0.5, 0.6) is 0 Å². The first-order chi connectivity index (χ1) is 11.2. The van der Waals surface area contributed by atoms with Crippen molar-refractivity contribution in [3.63, 3.8) is 0 Å². The molecule has 1 aromatic carbocycles.